The summed E-state index contributed by atoms with van der Waals surface area (Å²) in [5.41, 5.74) is 5.92. The van der Waals surface area contributed by atoms with Gasteiger partial charge in [0.25, 0.3) is 0 Å². The van der Waals surface area contributed by atoms with E-state index < -0.39 is 22.4 Å². The average Bonchev–Trinajstić information content (AvgIpc) is 2.85. The topological polar surface area (TPSA) is 52.3 Å². The third-order valence-corrected chi connectivity index (χ3v) is 4.54. The lowest BCUT2D eigenvalue weighted by molar-refractivity contribution is 0.182. The van der Waals surface area contributed by atoms with Crippen LogP contribution in [0, 0.1) is 17.6 Å². The van der Waals surface area contributed by atoms with Crippen LogP contribution in [-0.2, 0) is 15.5 Å². The van der Waals surface area contributed by atoms with Crippen LogP contribution in [0.2, 0.25) is 0 Å². The van der Waals surface area contributed by atoms with E-state index in [0.717, 1.165) is 24.6 Å². The Kier molecular flexibility index (Phi) is 4.42. The van der Waals surface area contributed by atoms with Crippen molar-refractivity contribution in [3.63, 3.8) is 0 Å². The normalized spacial score (nSPS) is 22.9. The molecular weight excluding hydrogens is 260 g/mol. The van der Waals surface area contributed by atoms with Crippen molar-refractivity contribution < 1.29 is 17.7 Å². The van der Waals surface area contributed by atoms with Crippen molar-refractivity contribution >= 4 is 10.8 Å². The Morgan fingerprint density at radius 3 is 2.94 bits per heavy atom. The van der Waals surface area contributed by atoms with E-state index in [1.54, 1.807) is 0 Å². The first kappa shape index (κ1) is 13.6. The van der Waals surface area contributed by atoms with E-state index >= 15 is 0 Å². The molecule has 1 aliphatic rings. The van der Waals surface area contributed by atoms with E-state index in [4.69, 9.17) is 10.5 Å². The second kappa shape index (κ2) is 5.86. The largest absolute Gasteiger partial charge is 0.381 e. The zero-order valence-electron chi connectivity index (χ0n) is 9.77. The average molecular weight is 275 g/mol. The maximum Gasteiger partial charge on any atom is 0.139 e. The standard InChI is InChI=1S/C12H15F2NO2S/c13-9-1-2-10(14)12(5-9)18(16)7-11(15)8-3-4-17-6-8/h1-2,5,8,11H,3-4,6-7,15H2. The molecule has 0 saturated carbocycles. The highest BCUT2D eigenvalue weighted by atomic mass is 32.2. The molecule has 0 spiro atoms. The molecule has 3 nitrogen and oxygen atoms in total. The Morgan fingerprint density at radius 2 is 2.28 bits per heavy atom. The predicted molar refractivity (Wildman–Crippen MR) is 64.5 cm³/mol. The molecule has 2 N–H and O–H groups in total. The van der Waals surface area contributed by atoms with Crippen LogP contribution in [0.5, 0.6) is 0 Å². The Morgan fingerprint density at radius 1 is 1.50 bits per heavy atom. The molecular formula is C12H15F2NO2S. The molecule has 3 atom stereocenters. The van der Waals surface area contributed by atoms with Crippen molar-refractivity contribution in [2.24, 2.45) is 11.7 Å². The Labute approximate surface area is 107 Å². The highest BCUT2D eigenvalue weighted by molar-refractivity contribution is 7.85. The maximum absolute atomic E-state index is 13.4. The van der Waals surface area contributed by atoms with Crippen molar-refractivity contribution in [1.29, 1.82) is 0 Å². The maximum atomic E-state index is 13.4. The highest BCUT2D eigenvalue weighted by Crippen LogP contribution is 2.19. The van der Waals surface area contributed by atoms with Crippen molar-refractivity contribution in [3.05, 3.63) is 29.8 Å². The van der Waals surface area contributed by atoms with Gasteiger partial charge >= 0.3 is 0 Å². The summed E-state index contributed by atoms with van der Waals surface area (Å²) in [6.07, 6.45) is 0.823. The first-order chi connectivity index (χ1) is 8.58. The Bertz CT molecular complexity index is 450. The van der Waals surface area contributed by atoms with E-state index in [2.05, 4.69) is 0 Å². The molecule has 2 rings (SSSR count). The van der Waals surface area contributed by atoms with Gasteiger partial charge in [0, 0.05) is 24.3 Å². The van der Waals surface area contributed by atoms with E-state index in [-0.39, 0.29) is 22.6 Å². The summed E-state index contributed by atoms with van der Waals surface area (Å²) < 4.78 is 43.6. The lowest BCUT2D eigenvalue weighted by atomic mass is 10.0. The molecule has 1 aliphatic heterocycles. The van der Waals surface area contributed by atoms with Gasteiger partial charge in [-0.1, -0.05) is 0 Å². The van der Waals surface area contributed by atoms with Crippen LogP contribution in [0.25, 0.3) is 0 Å². The van der Waals surface area contributed by atoms with Crippen molar-refractivity contribution in [2.75, 3.05) is 19.0 Å². The minimum absolute atomic E-state index is 0.119. The van der Waals surface area contributed by atoms with Gasteiger partial charge in [0.1, 0.15) is 11.6 Å². The fourth-order valence-electron chi connectivity index (χ4n) is 1.94. The minimum atomic E-state index is -1.63. The number of ether oxygens (including phenoxy) is 1. The molecule has 3 unspecified atom stereocenters. The molecule has 0 bridgehead atoms. The van der Waals surface area contributed by atoms with Gasteiger partial charge in [-0.25, -0.2) is 8.78 Å². The smallest absolute Gasteiger partial charge is 0.139 e. The van der Waals surface area contributed by atoms with Gasteiger partial charge in [-0.05, 0) is 24.6 Å². The monoisotopic (exact) mass is 275 g/mol. The van der Waals surface area contributed by atoms with Gasteiger partial charge in [-0.3, -0.25) is 4.21 Å². The van der Waals surface area contributed by atoms with Crippen molar-refractivity contribution in [3.8, 4) is 0 Å². The lowest BCUT2D eigenvalue weighted by Crippen LogP contribution is -2.35. The van der Waals surface area contributed by atoms with E-state index in [9.17, 15) is 13.0 Å². The van der Waals surface area contributed by atoms with Gasteiger partial charge in [-0.2, -0.15) is 0 Å². The van der Waals surface area contributed by atoms with Crippen LogP contribution in [0.4, 0.5) is 8.78 Å². The summed E-state index contributed by atoms with van der Waals surface area (Å²) in [4.78, 5) is -0.121. The van der Waals surface area contributed by atoms with E-state index in [0.29, 0.717) is 13.2 Å². The molecule has 0 amide bonds. The van der Waals surface area contributed by atoms with Crippen LogP contribution in [0.1, 0.15) is 6.42 Å². The quantitative estimate of drug-likeness (QED) is 0.904. The summed E-state index contributed by atoms with van der Waals surface area (Å²) in [6.45, 7) is 1.20. The molecule has 18 heavy (non-hydrogen) atoms. The summed E-state index contributed by atoms with van der Waals surface area (Å²) in [6, 6.07) is 2.62. The third-order valence-electron chi connectivity index (χ3n) is 3.05. The van der Waals surface area contributed by atoms with Crippen molar-refractivity contribution in [1.82, 2.24) is 0 Å². The fourth-order valence-corrected chi connectivity index (χ4v) is 3.27. The number of benzene rings is 1. The molecule has 1 saturated heterocycles. The van der Waals surface area contributed by atoms with E-state index in [1.807, 2.05) is 0 Å². The van der Waals surface area contributed by atoms with Gasteiger partial charge in [0.2, 0.25) is 0 Å². The van der Waals surface area contributed by atoms with Crippen LogP contribution in [-0.4, -0.2) is 29.2 Å². The van der Waals surface area contributed by atoms with Gasteiger partial charge in [0.05, 0.1) is 22.3 Å². The number of hydrogen-bond donors (Lipinski definition) is 1. The summed E-state index contributed by atoms with van der Waals surface area (Å²) in [7, 11) is -1.63. The van der Waals surface area contributed by atoms with Gasteiger partial charge in [0.15, 0.2) is 0 Å². The zero-order chi connectivity index (χ0) is 13.1. The summed E-state index contributed by atoms with van der Waals surface area (Å²) in [5.74, 6) is -0.998. The number of nitrogens with two attached hydrogens (primary N) is 1. The van der Waals surface area contributed by atoms with Crippen LogP contribution in [0.15, 0.2) is 23.1 Å². The summed E-state index contributed by atoms with van der Waals surface area (Å²) in [5, 5.41) is 0. The van der Waals surface area contributed by atoms with Gasteiger partial charge < -0.3 is 10.5 Å². The SMILES string of the molecule is NC(CS(=O)c1cc(F)ccc1F)C1CCOC1. The first-order valence-electron chi connectivity index (χ1n) is 5.74. The second-order valence-electron chi connectivity index (χ2n) is 4.37. The number of hydrogen-bond acceptors (Lipinski definition) is 3. The Balaban J connectivity index is 2.04. The lowest BCUT2D eigenvalue weighted by Gasteiger charge is -2.17. The molecule has 0 aromatic heterocycles. The van der Waals surface area contributed by atoms with Gasteiger partial charge in [-0.15, -0.1) is 0 Å². The molecule has 100 valence electrons. The van der Waals surface area contributed by atoms with Crippen LogP contribution >= 0.6 is 0 Å². The molecule has 1 aromatic rings. The number of halogens is 2. The third kappa shape index (κ3) is 3.13. The molecule has 1 heterocycles. The van der Waals surface area contributed by atoms with Crippen LogP contribution in [0.3, 0.4) is 0 Å². The molecule has 1 fully saturated rings. The fraction of sp³-hybridized carbons (Fsp3) is 0.500. The van der Waals surface area contributed by atoms with Crippen molar-refractivity contribution in [2.45, 2.75) is 17.4 Å². The second-order valence-corrected chi connectivity index (χ2v) is 5.84. The minimum Gasteiger partial charge on any atom is -0.381 e. The molecule has 6 heteroatoms. The highest BCUT2D eigenvalue weighted by Gasteiger charge is 2.25. The Hall–Kier alpha value is -0.850. The predicted octanol–water partition coefficient (Wildman–Crippen LogP) is 1.44. The first-order valence-corrected chi connectivity index (χ1v) is 7.06. The summed E-state index contributed by atoms with van der Waals surface area (Å²) >= 11 is 0. The molecule has 1 aromatic carbocycles. The van der Waals surface area contributed by atoms with Crippen LogP contribution < -0.4 is 5.73 Å². The van der Waals surface area contributed by atoms with E-state index in [1.165, 1.54) is 0 Å². The number of rotatable bonds is 4. The zero-order valence-corrected chi connectivity index (χ0v) is 10.6. The molecule has 0 aliphatic carbocycles. The molecule has 0 radical (unpaired) electrons.